The molecule has 1 aromatic heterocycles. The fourth-order valence-electron chi connectivity index (χ4n) is 1.62. The lowest BCUT2D eigenvalue weighted by atomic mass is 10.2. The highest BCUT2D eigenvalue weighted by Crippen LogP contribution is 2.32. The van der Waals surface area contributed by atoms with Crippen LogP contribution in [0.1, 0.15) is 13.8 Å². The lowest BCUT2D eigenvalue weighted by Crippen LogP contribution is -2.08. The molecule has 0 aliphatic carbocycles. The van der Waals surface area contributed by atoms with Gasteiger partial charge >= 0.3 is 0 Å². The standard InChI is InChI=1S/C15H17Cl2N3O/c1-9(2)8-21-15-11(18)6-7-13(20-15)19-12-5-3-4-10(16)14(12)17/h3-7,9H,8,18H2,1-2H3,(H,19,20). The van der Waals surface area contributed by atoms with E-state index in [1.807, 2.05) is 12.1 Å². The van der Waals surface area contributed by atoms with E-state index in [-0.39, 0.29) is 0 Å². The van der Waals surface area contributed by atoms with Gasteiger partial charge in [0.25, 0.3) is 0 Å². The zero-order valence-electron chi connectivity index (χ0n) is 11.9. The Morgan fingerprint density at radius 1 is 1.24 bits per heavy atom. The molecule has 6 heteroatoms. The van der Waals surface area contributed by atoms with Crippen molar-refractivity contribution in [1.29, 1.82) is 0 Å². The molecule has 1 heterocycles. The summed E-state index contributed by atoms with van der Waals surface area (Å²) in [6, 6.07) is 8.85. The number of ether oxygens (including phenoxy) is 1. The summed E-state index contributed by atoms with van der Waals surface area (Å²) in [6.07, 6.45) is 0. The lowest BCUT2D eigenvalue weighted by Gasteiger charge is -2.13. The number of benzene rings is 1. The Balaban J connectivity index is 2.20. The second kappa shape index (κ2) is 6.87. The number of nitrogen functional groups attached to an aromatic ring is 1. The second-order valence-corrected chi connectivity index (χ2v) is 5.81. The molecule has 2 rings (SSSR count). The molecule has 2 aromatic rings. The molecular weight excluding hydrogens is 309 g/mol. The van der Waals surface area contributed by atoms with Crippen molar-refractivity contribution in [3.8, 4) is 5.88 Å². The largest absolute Gasteiger partial charge is 0.476 e. The van der Waals surface area contributed by atoms with Gasteiger partial charge in [-0.3, -0.25) is 0 Å². The van der Waals surface area contributed by atoms with E-state index >= 15 is 0 Å². The van der Waals surface area contributed by atoms with Gasteiger partial charge in [0, 0.05) is 0 Å². The van der Waals surface area contributed by atoms with Crippen molar-refractivity contribution in [1.82, 2.24) is 4.98 Å². The number of anilines is 3. The zero-order valence-corrected chi connectivity index (χ0v) is 13.4. The third-order valence-electron chi connectivity index (χ3n) is 2.66. The molecule has 3 N–H and O–H groups in total. The van der Waals surface area contributed by atoms with Gasteiger partial charge in [-0.25, -0.2) is 0 Å². The highest BCUT2D eigenvalue weighted by Gasteiger charge is 2.08. The minimum Gasteiger partial charge on any atom is -0.476 e. The van der Waals surface area contributed by atoms with Crippen LogP contribution < -0.4 is 15.8 Å². The number of hydrogen-bond donors (Lipinski definition) is 2. The van der Waals surface area contributed by atoms with Gasteiger partial charge in [-0.1, -0.05) is 43.1 Å². The molecule has 112 valence electrons. The van der Waals surface area contributed by atoms with E-state index in [0.29, 0.717) is 45.6 Å². The number of nitrogens with one attached hydrogen (secondary N) is 1. The molecule has 0 aliphatic rings. The summed E-state index contributed by atoms with van der Waals surface area (Å²) in [4.78, 5) is 4.35. The predicted molar refractivity (Wildman–Crippen MR) is 88.7 cm³/mol. The Bertz CT molecular complexity index is 632. The molecule has 0 unspecified atom stereocenters. The van der Waals surface area contributed by atoms with Crippen LogP contribution >= 0.6 is 23.2 Å². The summed E-state index contributed by atoms with van der Waals surface area (Å²) in [6.45, 7) is 4.67. The molecule has 21 heavy (non-hydrogen) atoms. The Morgan fingerprint density at radius 3 is 2.71 bits per heavy atom. The molecule has 0 bridgehead atoms. The fraction of sp³-hybridized carbons (Fsp3) is 0.267. The maximum absolute atomic E-state index is 6.14. The van der Waals surface area contributed by atoms with E-state index in [0.717, 1.165) is 0 Å². The van der Waals surface area contributed by atoms with Crippen molar-refractivity contribution in [3.63, 3.8) is 0 Å². The summed E-state index contributed by atoms with van der Waals surface area (Å²) >= 11 is 12.1. The van der Waals surface area contributed by atoms with Gasteiger partial charge in [-0.15, -0.1) is 0 Å². The van der Waals surface area contributed by atoms with E-state index in [1.54, 1.807) is 18.2 Å². The van der Waals surface area contributed by atoms with Crippen molar-refractivity contribution in [3.05, 3.63) is 40.4 Å². The van der Waals surface area contributed by atoms with Gasteiger partial charge in [-0.2, -0.15) is 4.98 Å². The maximum atomic E-state index is 6.14. The highest BCUT2D eigenvalue weighted by molar-refractivity contribution is 6.43. The van der Waals surface area contributed by atoms with Crippen LogP contribution in [-0.2, 0) is 0 Å². The average Bonchev–Trinajstić information content (AvgIpc) is 2.44. The number of nitrogens with zero attached hydrogens (tertiary/aromatic N) is 1. The molecule has 1 aromatic carbocycles. The lowest BCUT2D eigenvalue weighted by molar-refractivity contribution is 0.263. The number of rotatable bonds is 5. The molecule has 0 fully saturated rings. The summed E-state index contributed by atoms with van der Waals surface area (Å²) in [5.74, 6) is 1.39. The van der Waals surface area contributed by atoms with Crippen LogP contribution in [0.25, 0.3) is 0 Å². The van der Waals surface area contributed by atoms with E-state index in [1.165, 1.54) is 0 Å². The Hall–Kier alpha value is -1.65. The van der Waals surface area contributed by atoms with Gasteiger partial charge in [0.1, 0.15) is 5.82 Å². The summed E-state index contributed by atoms with van der Waals surface area (Å²) in [5, 5.41) is 4.03. The predicted octanol–water partition coefficient (Wildman–Crippen LogP) is 4.75. The molecule has 0 saturated heterocycles. The first-order chi connectivity index (χ1) is 9.97. The first kappa shape index (κ1) is 15.7. The SMILES string of the molecule is CC(C)COc1nc(Nc2cccc(Cl)c2Cl)ccc1N. The van der Waals surface area contributed by atoms with Gasteiger partial charge < -0.3 is 15.8 Å². The molecular formula is C15H17Cl2N3O. The molecule has 0 spiro atoms. The summed E-state index contributed by atoms with van der Waals surface area (Å²) < 4.78 is 5.60. The molecule has 0 saturated carbocycles. The van der Waals surface area contributed by atoms with Crippen molar-refractivity contribution in [2.24, 2.45) is 5.92 Å². The second-order valence-electron chi connectivity index (χ2n) is 5.02. The number of hydrogen-bond acceptors (Lipinski definition) is 4. The monoisotopic (exact) mass is 325 g/mol. The van der Waals surface area contributed by atoms with Crippen molar-refractivity contribution in [2.75, 3.05) is 17.7 Å². The summed E-state index contributed by atoms with van der Waals surface area (Å²) in [7, 11) is 0. The van der Waals surface area contributed by atoms with E-state index < -0.39 is 0 Å². The van der Waals surface area contributed by atoms with Crippen LogP contribution in [-0.4, -0.2) is 11.6 Å². The molecule has 0 amide bonds. The van der Waals surface area contributed by atoms with Crippen molar-refractivity contribution in [2.45, 2.75) is 13.8 Å². The summed E-state index contributed by atoms with van der Waals surface area (Å²) in [5.41, 5.74) is 7.04. The Labute approximate surface area is 134 Å². The van der Waals surface area contributed by atoms with Gasteiger partial charge in [0.15, 0.2) is 0 Å². The zero-order chi connectivity index (χ0) is 15.4. The van der Waals surface area contributed by atoms with Crippen LogP contribution in [0.3, 0.4) is 0 Å². The Morgan fingerprint density at radius 2 is 2.00 bits per heavy atom. The first-order valence-corrected chi connectivity index (χ1v) is 7.33. The molecule has 0 radical (unpaired) electrons. The number of aromatic nitrogens is 1. The smallest absolute Gasteiger partial charge is 0.239 e. The van der Waals surface area contributed by atoms with Crippen LogP contribution in [0.15, 0.2) is 30.3 Å². The fourth-order valence-corrected chi connectivity index (χ4v) is 1.97. The molecule has 4 nitrogen and oxygen atoms in total. The van der Waals surface area contributed by atoms with Crippen molar-refractivity contribution >= 4 is 40.4 Å². The number of pyridine rings is 1. The minimum atomic E-state index is 0.394. The number of halogens is 2. The van der Waals surface area contributed by atoms with E-state index in [4.69, 9.17) is 33.7 Å². The normalized spacial score (nSPS) is 10.7. The van der Waals surface area contributed by atoms with Gasteiger partial charge in [-0.05, 0) is 30.2 Å². The van der Waals surface area contributed by atoms with E-state index in [2.05, 4.69) is 24.1 Å². The third-order valence-corrected chi connectivity index (χ3v) is 3.48. The Kier molecular flexibility index (Phi) is 5.15. The third kappa shape index (κ3) is 4.16. The van der Waals surface area contributed by atoms with Crippen LogP contribution in [0.4, 0.5) is 17.2 Å². The van der Waals surface area contributed by atoms with Crippen LogP contribution in [0, 0.1) is 5.92 Å². The first-order valence-electron chi connectivity index (χ1n) is 6.57. The number of nitrogens with two attached hydrogens (primary N) is 1. The topological polar surface area (TPSA) is 60.2 Å². The van der Waals surface area contributed by atoms with Gasteiger partial charge in [0.2, 0.25) is 5.88 Å². The van der Waals surface area contributed by atoms with E-state index in [9.17, 15) is 0 Å². The maximum Gasteiger partial charge on any atom is 0.239 e. The molecule has 0 aliphatic heterocycles. The minimum absolute atomic E-state index is 0.394. The highest BCUT2D eigenvalue weighted by atomic mass is 35.5. The molecule has 0 atom stereocenters. The van der Waals surface area contributed by atoms with Gasteiger partial charge in [0.05, 0.1) is 28.0 Å². The van der Waals surface area contributed by atoms with Crippen molar-refractivity contribution < 1.29 is 4.74 Å². The average molecular weight is 326 g/mol. The van der Waals surface area contributed by atoms with Crippen LogP contribution in [0.5, 0.6) is 5.88 Å². The quantitative estimate of drug-likeness (QED) is 0.832. The van der Waals surface area contributed by atoms with Crippen LogP contribution in [0.2, 0.25) is 10.0 Å².